The number of hydrogen-bond acceptors (Lipinski definition) is 2. The summed E-state index contributed by atoms with van der Waals surface area (Å²) in [6, 6.07) is 9.91. The number of nitrogens with two attached hydrogens (primary N) is 2. The molecule has 1 aromatic carbocycles. The lowest BCUT2D eigenvalue weighted by atomic mass is 9.95. The molecule has 0 radical (unpaired) electrons. The predicted molar refractivity (Wildman–Crippen MR) is 60.6 cm³/mol. The lowest BCUT2D eigenvalue weighted by Crippen LogP contribution is -2.45. The average Bonchev–Trinajstić information content (AvgIpc) is 2.19. The first-order chi connectivity index (χ1) is 6.67. The molecule has 1 rings (SSSR count). The normalized spacial score (nSPS) is 11.6. The summed E-state index contributed by atoms with van der Waals surface area (Å²) in [7, 11) is 0. The topological polar surface area (TPSA) is 52.0 Å². The Morgan fingerprint density at radius 2 is 1.71 bits per heavy atom. The van der Waals surface area contributed by atoms with Crippen molar-refractivity contribution in [2.75, 3.05) is 0 Å². The molecule has 0 aliphatic heterocycles. The van der Waals surface area contributed by atoms with Crippen molar-refractivity contribution < 1.29 is 0 Å². The highest BCUT2D eigenvalue weighted by Gasteiger charge is 2.20. The summed E-state index contributed by atoms with van der Waals surface area (Å²) in [4.78, 5) is 0. The van der Waals surface area contributed by atoms with Crippen LogP contribution < -0.4 is 11.5 Å². The molecule has 0 saturated heterocycles. The van der Waals surface area contributed by atoms with Gasteiger partial charge in [0.2, 0.25) is 0 Å². The Morgan fingerprint density at radius 1 is 1.07 bits per heavy atom. The molecular weight excluding hydrogens is 172 g/mol. The van der Waals surface area contributed by atoms with E-state index in [-0.39, 0.29) is 0 Å². The van der Waals surface area contributed by atoms with Gasteiger partial charge in [-0.15, -0.1) is 0 Å². The van der Waals surface area contributed by atoms with Crippen molar-refractivity contribution >= 4 is 0 Å². The van der Waals surface area contributed by atoms with Gasteiger partial charge < -0.3 is 11.5 Å². The molecular formula is C12H20N2. The first-order valence-electron chi connectivity index (χ1n) is 5.30. The highest BCUT2D eigenvalue weighted by molar-refractivity contribution is 5.22. The minimum absolute atomic E-state index is 0.656. The van der Waals surface area contributed by atoms with Crippen LogP contribution in [0, 0.1) is 0 Å². The van der Waals surface area contributed by atoms with Crippen molar-refractivity contribution in [2.24, 2.45) is 11.5 Å². The quantitative estimate of drug-likeness (QED) is 0.555. The molecule has 0 aliphatic rings. The molecule has 0 aliphatic carbocycles. The van der Waals surface area contributed by atoms with Crippen LogP contribution >= 0.6 is 0 Å². The maximum absolute atomic E-state index is 6.06. The molecule has 0 aromatic heterocycles. The van der Waals surface area contributed by atoms with Gasteiger partial charge in [0, 0.05) is 0 Å². The molecule has 0 bridgehead atoms. The van der Waals surface area contributed by atoms with E-state index >= 15 is 0 Å². The third-order valence-corrected chi connectivity index (χ3v) is 2.51. The van der Waals surface area contributed by atoms with Crippen molar-refractivity contribution in [1.82, 2.24) is 0 Å². The first kappa shape index (κ1) is 11.2. The Labute approximate surface area is 86.3 Å². The molecule has 0 fully saturated rings. The fourth-order valence-corrected chi connectivity index (χ4v) is 1.56. The molecule has 0 spiro atoms. The highest BCUT2D eigenvalue weighted by Crippen LogP contribution is 2.18. The number of rotatable bonds is 5. The van der Waals surface area contributed by atoms with Crippen LogP contribution in [0.2, 0.25) is 0 Å². The second kappa shape index (κ2) is 5.13. The minimum Gasteiger partial charge on any atom is -0.310 e. The fourth-order valence-electron chi connectivity index (χ4n) is 1.56. The molecule has 4 N–H and O–H groups in total. The molecule has 0 unspecified atom stereocenters. The van der Waals surface area contributed by atoms with Crippen LogP contribution in [0.3, 0.4) is 0 Å². The Balaban J connectivity index is 2.56. The summed E-state index contributed by atoms with van der Waals surface area (Å²) in [5.74, 6) is 0. The van der Waals surface area contributed by atoms with Crippen LogP contribution in [-0.2, 0) is 5.66 Å². The third kappa shape index (κ3) is 3.13. The Kier molecular flexibility index (Phi) is 4.11. The number of unbranched alkanes of at least 4 members (excludes halogenated alkanes) is 2. The SMILES string of the molecule is CCCCCC(N)(N)c1ccccc1. The maximum Gasteiger partial charge on any atom is 0.0899 e. The number of hydrogen-bond donors (Lipinski definition) is 2. The molecule has 0 amide bonds. The van der Waals surface area contributed by atoms with E-state index in [0.717, 1.165) is 18.4 Å². The van der Waals surface area contributed by atoms with Crippen LogP contribution in [0.4, 0.5) is 0 Å². The van der Waals surface area contributed by atoms with Crippen LogP contribution in [-0.4, -0.2) is 0 Å². The van der Waals surface area contributed by atoms with Crippen molar-refractivity contribution in [3.05, 3.63) is 35.9 Å². The van der Waals surface area contributed by atoms with Crippen LogP contribution in [0.25, 0.3) is 0 Å². The van der Waals surface area contributed by atoms with Gasteiger partial charge in [-0.05, 0) is 18.4 Å². The number of benzene rings is 1. The average molecular weight is 192 g/mol. The summed E-state index contributed by atoms with van der Waals surface area (Å²) in [5.41, 5.74) is 12.5. The Morgan fingerprint density at radius 3 is 2.29 bits per heavy atom. The molecule has 2 heteroatoms. The zero-order valence-electron chi connectivity index (χ0n) is 8.87. The van der Waals surface area contributed by atoms with E-state index in [0.29, 0.717) is 0 Å². The molecule has 0 saturated carbocycles. The standard InChI is InChI=1S/C12H20N2/c1-2-3-7-10-12(13,14)11-8-5-4-6-9-11/h4-6,8-9H,2-3,7,10,13-14H2,1H3. The summed E-state index contributed by atoms with van der Waals surface area (Å²) in [5, 5.41) is 0. The van der Waals surface area contributed by atoms with Gasteiger partial charge in [0.15, 0.2) is 0 Å². The van der Waals surface area contributed by atoms with Crippen molar-refractivity contribution in [1.29, 1.82) is 0 Å². The zero-order valence-corrected chi connectivity index (χ0v) is 8.87. The van der Waals surface area contributed by atoms with Crippen LogP contribution in [0.15, 0.2) is 30.3 Å². The summed E-state index contributed by atoms with van der Waals surface area (Å²) < 4.78 is 0. The summed E-state index contributed by atoms with van der Waals surface area (Å²) in [6.45, 7) is 2.18. The van der Waals surface area contributed by atoms with E-state index in [4.69, 9.17) is 11.5 Å². The van der Waals surface area contributed by atoms with E-state index in [1.165, 1.54) is 12.8 Å². The lowest BCUT2D eigenvalue weighted by Gasteiger charge is -2.24. The highest BCUT2D eigenvalue weighted by atomic mass is 14.9. The van der Waals surface area contributed by atoms with Crippen molar-refractivity contribution in [3.63, 3.8) is 0 Å². The molecule has 0 heterocycles. The smallest absolute Gasteiger partial charge is 0.0899 e. The van der Waals surface area contributed by atoms with Crippen molar-refractivity contribution in [2.45, 2.75) is 38.3 Å². The fraction of sp³-hybridized carbons (Fsp3) is 0.500. The zero-order chi connectivity index (χ0) is 10.4. The molecule has 14 heavy (non-hydrogen) atoms. The summed E-state index contributed by atoms with van der Waals surface area (Å²) in [6.07, 6.45) is 4.34. The van der Waals surface area contributed by atoms with E-state index in [1.54, 1.807) is 0 Å². The lowest BCUT2D eigenvalue weighted by molar-refractivity contribution is 0.404. The minimum atomic E-state index is -0.656. The predicted octanol–water partition coefficient (Wildman–Crippen LogP) is 2.34. The van der Waals surface area contributed by atoms with Gasteiger partial charge in [0.05, 0.1) is 5.66 Å². The van der Waals surface area contributed by atoms with Gasteiger partial charge in [0.25, 0.3) is 0 Å². The van der Waals surface area contributed by atoms with E-state index < -0.39 is 5.66 Å². The second-order valence-corrected chi connectivity index (χ2v) is 3.86. The van der Waals surface area contributed by atoms with E-state index in [1.807, 2.05) is 30.3 Å². The van der Waals surface area contributed by atoms with Gasteiger partial charge in [-0.1, -0.05) is 50.1 Å². The summed E-state index contributed by atoms with van der Waals surface area (Å²) >= 11 is 0. The van der Waals surface area contributed by atoms with Gasteiger partial charge in [-0.25, -0.2) is 0 Å². The largest absolute Gasteiger partial charge is 0.310 e. The van der Waals surface area contributed by atoms with E-state index in [2.05, 4.69) is 6.92 Å². The van der Waals surface area contributed by atoms with E-state index in [9.17, 15) is 0 Å². The van der Waals surface area contributed by atoms with Crippen molar-refractivity contribution in [3.8, 4) is 0 Å². The van der Waals surface area contributed by atoms with Crippen LogP contribution in [0.5, 0.6) is 0 Å². The van der Waals surface area contributed by atoms with Gasteiger partial charge in [-0.3, -0.25) is 0 Å². The molecule has 78 valence electrons. The maximum atomic E-state index is 6.06. The third-order valence-electron chi connectivity index (χ3n) is 2.51. The first-order valence-corrected chi connectivity index (χ1v) is 5.30. The Hall–Kier alpha value is -0.860. The van der Waals surface area contributed by atoms with Crippen LogP contribution in [0.1, 0.15) is 38.2 Å². The molecule has 1 aromatic rings. The van der Waals surface area contributed by atoms with Gasteiger partial charge in [0.1, 0.15) is 0 Å². The monoisotopic (exact) mass is 192 g/mol. The Bertz CT molecular complexity index is 254. The second-order valence-electron chi connectivity index (χ2n) is 3.86. The van der Waals surface area contributed by atoms with Gasteiger partial charge in [-0.2, -0.15) is 0 Å². The molecule has 0 atom stereocenters. The van der Waals surface area contributed by atoms with Gasteiger partial charge >= 0.3 is 0 Å². The molecule has 2 nitrogen and oxygen atoms in total.